The Labute approximate surface area is 212 Å². The van der Waals surface area contributed by atoms with Gasteiger partial charge in [0.15, 0.2) is 0 Å². The first-order valence-corrected chi connectivity index (χ1v) is 11.7. The molecule has 4 aromatic rings. The number of aromatic hydroxyl groups is 1. The van der Waals surface area contributed by atoms with Gasteiger partial charge in [0.05, 0.1) is 37.5 Å². The molecule has 0 radical (unpaired) electrons. The zero-order valence-electron chi connectivity index (χ0n) is 20.7. The summed E-state index contributed by atoms with van der Waals surface area (Å²) in [4.78, 5) is 32.2. The summed E-state index contributed by atoms with van der Waals surface area (Å²) in [5, 5.41) is 22.0. The average molecular weight is 506 g/mol. The summed E-state index contributed by atoms with van der Waals surface area (Å²) in [5.41, 5.74) is 0.948. The molecule has 0 atom stereocenters. The molecule has 1 aromatic carbocycles. The van der Waals surface area contributed by atoms with Gasteiger partial charge in [0.1, 0.15) is 22.8 Å². The van der Waals surface area contributed by atoms with Crippen LogP contribution in [0.5, 0.6) is 17.2 Å². The number of nitrogens with one attached hydrogen (secondary N) is 2. The quantitative estimate of drug-likeness (QED) is 0.294. The molecule has 0 spiro atoms. The molecule has 0 aliphatic carbocycles. The molecule has 0 bridgehead atoms. The number of ether oxygens (including phenoxy) is 2. The van der Waals surface area contributed by atoms with Gasteiger partial charge >= 0.3 is 0 Å². The van der Waals surface area contributed by atoms with Crippen molar-refractivity contribution in [3.05, 3.63) is 70.2 Å². The number of hydrogen-bond acceptors (Lipinski definition) is 9. The van der Waals surface area contributed by atoms with E-state index in [0.29, 0.717) is 40.3 Å². The minimum absolute atomic E-state index is 0.0533. The SMILES string of the molecule is CCCCc1[nH]c(=O)c(-c2nnc(CNC(=O)c3cccnc3)o2)c(O)c1-c1c(OC)cccc1OC. The van der Waals surface area contributed by atoms with Crippen molar-refractivity contribution in [3.8, 4) is 39.8 Å². The molecule has 0 saturated carbocycles. The van der Waals surface area contributed by atoms with Gasteiger partial charge in [-0.2, -0.15) is 0 Å². The van der Waals surface area contributed by atoms with Gasteiger partial charge < -0.3 is 29.3 Å². The van der Waals surface area contributed by atoms with E-state index in [1.807, 2.05) is 6.92 Å². The molecule has 0 fully saturated rings. The van der Waals surface area contributed by atoms with Gasteiger partial charge in [-0.3, -0.25) is 14.6 Å². The maximum absolute atomic E-state index is 13.1. The predicted molar refractivity (Wildman–Crippen MR) is 135 cm³/mol. The molecule has 0 unspecified atom stereocenters. The Morgan fingerprint density at radius 3 is 2.49 bits per heavy atom. The maximum atomic E-state index is 13.1. The van der Waals surface area contributed by atoms with Crippen LogP contribution in [-0.4, -0.2) is 45.4 Å². The number of benzene rings is 1. The Hall–Kier alpha value is -4.67. The van der Waals surface area contributed by atoms with Crippen molar-refractivity contribution >= 4 is 5.91 Å². The van der Waals surface area contributed by atoms with Crippen LogP contribution in [0.4, 0.5) is 0 Å². The number of methoxy groups -OCH3 is 2. The second-order valence-electron chi connectivity index (χ2n) is 8.10. The number of unbranched alkanes of at least 4 members (excludes halogenated alkanes) is 1. The van der Waals surface area contributed by atoms with Crippen molar-refractivity contribution in [2.45, 2.75) is 32.7 Å². The third kappa shape index (κ3) is 5.30. The molecule has 192 valence electrons. The molecule has 3 N–H and O–H groups in total. The van der Waals surface area contributed by atoms with Gasteiger partial charge in [0.25, 0.3) is 17.4 Å². The van der Waals surface area contributed by atoms with E-state index >= 15 is 0 Å². The maximum Gasteiger partial charge on any atom is 0.264 e. The summed E-state index contributed by atoms with van der Waals surface area (Å²) in [7, 11) is 3.02. The lowest BCUT2D eigenvalue weighted by atomic mass is 9.96. The molecule has 3 heterocycles. The molecule has 1 amide bonds. The number of hydrogen-bond donors (Lipinski definition) is 3. The Balaban J connectivity index is 1.75. The number of carbonyl (C=O) groups excluding carboxylic acids is 1. The van der Waals surface area contributed by atoms with Crippen LogP contribution in [0.25, 0.3) is 22.6 Å². The van der Waals surface area contributed by atoms with Crippen molar-refractivity contribution in [2.75, 3.05) is 14.2 Å². The highest BCUT2D eigenvalue weighted by Crippen LogP contribution is 2.46. The second-order valence-corrected chi connectivity index (χ2v) is 8.10. The summed E-state index contributed by atoms with van der Waals surface area (Å²) in [6.45, 7) is 1.95. The Morgan fingerprint density at radius 1 is 1.08 bits per heavy atom. The van der Waals surface area contributed by atoms with Crippen LogP contribution in [0.15, 0.2) is 51.9 Å². The number of aryl methyl sites for hydroxylation is 1. The lowest BCUT2D eigenvalue weighted by molar-refractivity contribution is 0.0947. The van der Waals surface area contributed by atoms with Gasteiger partial charge in [-0.15, -0.1) is 10.2 Å². The zero-order chi connectivity index (χ0) is 26.4. The molecule has 0 aliphatic rings. The van der Waals surface area contributed by atoms with E-state index in [-0.39, 0.29) is 35.5 Å². The fourth-order valence-electron chi connectivity index (χ4n) is 3.92. The van der Waals surface area contributed by atoms with Crippen LogP contribution in [0.2, 0.25) is 0 Å². The molecule has 0 aliphatic heterocycles. The third-order valence-electron chi connectivity index (χ3n) is 5.73. The number of amides is 1. The molecule has 37 heavy (non-hydrogen) atoms. The Morgan fingerprint density at radius 2 is 1.84 bits per heavy atom. The van der Waals surface area contributed by atoms with E-state index in [2.05, 4.69) is 25.5 Å². The number of aromatic nitrogens is 4. The smallest absolute Gasteiger partial charge is 0.264 e. The number of rotatable bonds is 10. The average Bonchev–Trinajstić information content (AvgIpc) is 3.39. The van der Waals surface area contributed by atoms with E-state index in [1.165, 1.54) is 20.4 Å². The van der Waals surface area contributed by atoms with Gasteiger partial charge in [0, 0.05) is 18.1 Å². The monoisotopic (exact) mass is 505 g/mol. The predicted octanol–water partition coefficient (Wildman–Crippen LogP) is 3.48. The topological polar surface area (TPSA) is 152 Å². The van der Waals surface area contributed by atoms with Crippen LogP contribution in [0, 0.1) is 0 Å². The molecule has 3 aromatic heterocycles. The lowest BCUT2D eigenvalue weighted by Gasteiger charge is -2.18. The summed E-state index contributed by atoms with van der Waals surface area (Å²) in [6, 6.07) is 8.50. The number of carbonyl (C=O) groups is 1. The summed E-state index contributed by atoms with van der Waals surface area (Å²) >= 11 is 0. The Kier molecular flexibility index (Phi) is 7.82. The van der Waals surface area contributed by atoms with Gasteiger partial charge in [-0.1, -0.05) is 19.4 Å². The van der Waals surface area contributed by atoms with Crippen LogP contribution in [0.3, 0.4) is 0 Å². The second kappa shape index (κ2) is 11.4. The minimum Gasteiger partial charge on any atom is -0.506 e. The molecule has 11 heteroatoms. The van der Waals surface area contributed by atoms with Crippen molar-refractivity contribution in [2.24, 2.45) is 0 Å². The van der Waals surface area contributed by atoms with Crippen molar-refractivity contribution < 1.29 is 23.8 Å². The van der Waals surface area contributed by atoms with Crippen molar-refractivity contribution in [1.82, 2.24) is 25.5 Å². The fourth-order valence-corrected chi connectivity index (χ4v) is 3.92. The van der Waals surface area contributed by atoms with Crippen molar-refractivity contribution in [1.29, 1.82) is 0 Å². The first kappa shape index (κ1) is 25.4. The zero-order valence-corrected chi connectivity index (χ0v) is 20.7. The standard InChI is InChI=1S/C26H27N5O6/c1-4-5-9-16-20(21-17(35-2)10-6-11-18(21)36-3)23(32)22(25(34)29-16)26-31-30-19(37-26)14-28-24(33)15-8-7-12-27-13-15/h6-8,10-13H,4-5,9,14H2,1-3H3,(H,28,33)(H2,29,32,34). The molecule has 4 rings (SSSR count). The summed E-state index contributed by atoms with van der Waals surface area (Å²) in [6.07, 6.45) is 5.16. The highest BCUT2D eigenvalue weighted by molar-refractivity contribution is 5.93. The minimum atomic E-state index is -0.587. The molecular weight excluding hydrogens is 478 g/mol. The van der Waals surface area contributed by atoms with E-state index < -0.39 is 5.56 Å². The number of pyridine rings is 2. The van der Waals surface area contributed by atoms with E-state index in [9.17, 15) is 14.7 Å². The lowest BCUT2D eigenvalue weighted by Crippen LogP contribution is -2.23. The molecule has 11 nitrogen and oxygen atoms in total. The molecule has 0 saturated heterocycles. The number of aromatic amines is 1. The highest BCUT2D eigenvalue weighted by Gasteiger charge is 2.27. The van der Waals surface area contributed by atoms with E-state index in [1.54, 1.807) is 36.5 Å². The first-order valence-electron chi connectivity index (χ1n) is 11.7. The van der Waals surface area contributed by atoms with Crippen molar-refractivity contribution in [3.63, 3.8) is 0 Å². The van der Waals surface area contributed by atoms with Crippen LogP contribution in [0.1, 0.15) is 41.7 Å². The fraction of sp³-hybridized carbons (Fsp3) is 0.269. The normalized spacial score (nSPS) is 10.8. The van der Waals surface area contributed by atoms with Gasteiger partial charge in [0.2, 0.25) is 5.89 Å². The summed E-state index contributed by atoms with van der Waals surface area (Å²) < 4.78 is 16.7. The number of nitrogens with zero attached hydrogens (tertiary/aromatic N) is 3. The van der Waals surface area contributed by atoms with Gasteiger partial charge in [-0.25, -0.2) is 0 Å². The molecular formula is C26H27N5O6. The highest BCUT2D eigenvalue weighted by atomic mass is 16.5. The van der Waals surface area contributed by atoms with E-state index in [4.69, 9.17) is 13.9 Å². The third-order valence-corrected chi connectivity index (χ3v) is 5.73. The van der Waals surface area contributed by atoms with Crippen LogP contribution in [-0.2, 0) is 13.0 Å². The largest absolute Gasteiger partial charge is 0.506 e. The Bertz CT molecular complexity index is 1430. The first-order chi connectivity index (χ1) is 18.0. The number of H-pyrrole nitrogens is 1. The summed E-state index contributed by atoms with van der Waals surface area (Å²) in [5.74, 6) is 0.0511. The van der Waals surface area contributed by atoms with Crippen LogP contribution < -0.4 is 20.3 Å². The van der Waals surface area contributed by atoms with E-state index in [0.717, 1.165) is 12.8 Å². The van der Waals surface area contributed by atoms with Crippen LogP contribution >= 0.6 is 0 Å². The van der Waals surface area contributed by atoms with Gasteiger partial charge in [-0.05, 0) is 37.1 Å².